The average molecular weight is 373 g/mol. The van der Waals surface area contributed by atoms with Gasteiger partial charge in [-0.05, 0) is 40.5 Å². The molecule has 9 heteroatoms. The number of rotatable bonds is 4. The van der Waals surface area contributed by atoms with Crippen molar-refractivity contribution in [2.75, 3.05) is 29.7 Å². The van der Waals surface area contributed by atoms with E-state index in [0.29, 0.717) is 16.9 Å². The molecule has 0 aliphatic carbocycles. The van der Waals surface area contributed by atoms with Crippen LogP contribution in [0.3, 0.4) is 0 Å². The van der Waals surface area contributed by atoms with Crippen molar-refractivity contribution >= 4 is 51.1 Å². The Kier molecular flexibility index (Phi) is 4.81. The highest BCUT2D eigenvalue weighted by Gasteiger charge is 2.10. The molecule has 1 heterocycles. The van der Waals surface area contributed by atoms with Gasteiger partial charge in [0.15, 0.2) is 0 Å². The lowest BCUT2D eigenvalue weighted by Crippen LogP contribution is -2.18. The Balaban J connectivity index is 2.39. The molecular formula is C12H15BrClN7. The SMILES string of the molecule is Cc1cc(Br)c(Nc2nc(NN)nc(N(C)C)n2)cc1Cl. The van der Waals surface area contributed by atoms with Crippen molar-refractivity contribution in [3.8, 4) is 0 Å². The normalized spacial score (nSPS) is 10.4. The standard InChI is InChI=1S/C12H15BrClN7/c1-6-4-7(13)9(5-8(6)14)16-10-17-11(20-15)19-12(18-10)21(2)3/h4-5H,15H2,1-3H3,(H2,16,17,18,19,20). The number of aryl methyl sites for hydroxylation is 1. The van der Waals surface area contributed by atoms with Crippen LogP contribution in [0, 0.1) is 6.92 Å². The van der Waals surface area contributed by atoms with E-state index in [2.05, 4.69) is 41.6 Å². The van der Waals surface area contributed by atoms with Gasteiger partial charge in [0.25, 0.3) is 0 Å². The van der Waals surface area contributed by atoms with Crippen molar-refractivity contribution in [3.05, 3.63) is 27.2 Å². The number of anilines is 4. The summed E-state index contributed by atoms with van der Waals surface area (Å²) in [6.45, 7) is 1.93. The van der Waals surface area contributed by atoms with E-state index < -0.39 is 0 Å². The van der Waals surface area contributed by atoms with Crippen LogP contribution in [0.15, 0.2) is 16.6 Å². The summed E-state index contributed by atoms with van der Waals surface area (Å²) < 4.78 is 0.860. The van der Waals surface area contributed by atoms with Crippen LogP contribution in [0.5, 0.6) is 0 Å². The van der Waals surface area contributed by atoms with Crippen LogP contribution < -0.4 is 21.5 Å². The number of nitrogen functional groups attached to an aromatic ring is 1. The minimum absolute atomic E-state index is 0.269. The zero-order valence-corrected chi connectivity index (χ0v) is 14.1. The molecule has 0 saturated carbocycles. The quantitative estimate of drug-likeness (QED) is 0.561. The zero-order chi connectivity index (χ0) is 15.6. The number of halogens is 2. The Morgan fingerprint density at radius 2 is 1.86 bits per heavy atom. The van der Waals surface area contributed by atoms with Gasteiger partial charge in [0.2, 0.25) is 17.8 Å². The van der Waals surface area contributed by atoms with Crippen molar-refractivity contribution in [1.29, 1.82) is 0 Å². The summed E-state index contributed by atoms with van der Waals surface area (Å²) in [6, 6.07) is 3.72. The highest BCUT2D eigenvalue weighted by Crippen LogP contribution is 2.30. The van der Waals surface area contributed by atoms with Gasteiger partial charge in [-0.15, -0.1) is 0 Å². The molecule has 4 N–H and O–H groups in total. The number of nitrogens with two attached hydrogens (primary N) is 1. The summed E-state index contributed by atoms with van der Waals surface area (Å²) in [6.07, 6.45) is 0. The molecule has 0 fully saturated rings. The molecule has 1 aromatic carbocycles. The Labute approximate surface area is 136 Å². The highest BCUT2D eigenvalue weighted by atomic mass is 79.9. The molecule has 0 atom stereocenters. The molecular weight excluding hydrogens is 358 g/mol. The highest BCUT2D eigenvalue weighted by molar-refractivity contribution is 9.10. The maximum Gasteiger partial charge on any atom is 0.243 e. The summed E-state index contributed by atoms with van der Waals surface area (Å²) in [5.74, 6) is 6.49. The van der Waals surface area contributed by atoms with Crippen LogP contribution in [-0.4, -0.2) is 29.0 Å². The monoisotopic (exact) mass is 371 g/mol. The second-order valence-corrected chi connectivity index (χ2v) is 5.79. The first-order valence-corrected chi connectivity index (χ1v) is 7.20. The van der Waals surface area contributed by atoms with Gasteiger partial charge in [-0.2, -0.15) is 15.0 Å². The molecule has 2 rings (SSSR count). The third-order valence-corrected chi connectivity index (χ3v) is 3.71. The fourth-order valence-electron chi connectivity index (χ4n) is 1.55. The van der Waals surface area contributed by atoms with Crippen LogP contribution in [0.4, 0.5) is 23.5 Å². The lowest BCUT2D eigenvalue weighted by atomic mass is 10.2. The van der Waals surface area contributed by atoms with Gasteiger partial charge in [0.05, 0.1) is 5.69 Å². The van der Waals surface area contributed by atoms with Gasteiger partial charge < -0.3 is 10.2 Å². The molecule has 0 aliphatic heterocycles. The van der Waals surface area contributed by atoms with Gasteiger partial charge in [-0.25, -0.2) is 5.84 Å². The molecule has 0 spiro atoms. The van der Waals surface area contributed by atoms with E-state index in [0.717, 1.165) is 15.7 Å². The van der Waals surface area contributed by atoms with Gasteiger partial charge in [-0.1, -0.05) is 11.6 Å². The van der Waals surface area contributed by atoms with Crippen molar-refractivity contribution in [2.45, 2.75) is 6.92 Å². The zero-order valence-electron chi connectivity index (χ0n) is 11.8. The van der Waals surface area contributed by atoms with E-state index in [1.54, 1.807) is 11.0 Å². The second kappa shape index (κ2) is 6.42. The predicted molar refractivity (Wildman–Crippen MR) is 89.1 cm³/mol. The smallest absolute Gasteiger partial charge is 0.243 e. The topological polar surface area (TPSA) is 92.0 Å². The summed E-state index contributed by atoms with van der Waals surface area (Å²) >= 11 is 9.62. The number of nitrogens with zero attached hydrogens (tertiary/aromatic N) is 4. The van der Waals surface area contributed by atoms with E-state index in [1.807, 2.05) is 27.1 Å². The van der Waals surface area contributed by atoms with E-state index in [9.17, 15) is 0 Å². The molecule has 0 aliphatic rings. The fourth-order valence-corrected chi connectivity index (χ4v) is 2.27. The van der Waals surface area contributed by atoms with Crippen molar-refractivity contribution in [3.63, 3.8) is 0 Å². The number of hydrogen-bond donors (Lipinski definition) is 3. The van der Waals surface area contributed by atoms with Gasteiger partial charge in [0.1, 0.15) is 0 Å². The number of hydrogen-bond acceptors (Lipinski definition) is 7. The summed E-state index contributed by atoms with van der Waals surface area (Å²) in [5.41, 5.74) is 4.15. The molecule has 7 nitrogen and oxygen atoms in total. The first-order valence-electron chi connectivity index (χ1n) is 6.03. The largest absolute Gasteiger partial charge is 0.347 e. The molecule has 112 valence electrons. The van der Waals surface area contributed by atoms with E-state index in [-0.39, 0.29) is 5.95 Å². The lowest BCUT2D eigenvalue weighted by Gasteiger charge is -2.14. The molecule has 0 radical (unpaired) electrons. The lowest BCUT2D eigenvalue weighted by molar-refractivity contribution is 0.957. The van der Waals surface area contributed by atoms with Crippen LogP contribution in [0.25, 0.3) is 0 Å². The molecule has 1 aromatic heterocycles. The van der Waals surface area contributed by atoms with E-state index in [4.69, 9.17) is 17.4 Å². The summed E-state index contributed by atoms with van der Waals surface area (Å²) in [4.78, 5) is 14.4. The minimum Gasteiger partial charge on any atom is -0.347 e. The maximum absolute atomic E-state index is 6.14. The second-order valence-electron chi connectivity index (χ2n) is 4.53. The number of nitrogens with one attached hydrogen (secondary N) is 2. The van der Waals surface area contributed by atoms with Gasteiger partial charge in [0, 0.05) is 23.6 Å². The van der Waals surface area contributed by atoms with Crippen LogP contribution in [0.1, 0.15) is 5.56 Å². The Morgan fingerprint density at radius 3 is 2.48 bits per heavy atom. The Hall–Kier alpha value is -1.64. The first kappa shape index (κ1) is 15.7. The third-order valence-electron chi connectivity index (χ3n) is 2.65. The number of hydrazine groups is 1. The average Bonchev–Trinajstić information content (AvgIpc) is 2.44. The number of aromatic nitrogens is 3. The van der Waals surface area contributed by atoms with Gasteiger partial charge in [-0.3, -0.25) is 5.43 Å². The molecule has 0 bridgehead atoms. The molecule has 0 saturated heterocycles. The van der Waals surface area contributed by atoms with Crippen LogP contribution in [0.2, 0.25) is 5.02 Å². The molecule has 0 amide bonds. The summed E-state index contributed by atoms with van der Waals surface area (Å²) in [7, 11) is 3.66. The van der Waals surface area contributed by atoms with Crippen LogP contribution in [-0.2, 0) is 0 Å². The van der Waals surface area contributed by atoms with E-state index in [1.165, 1.54) is 0 Å². The first-order chi connectivity index (χ1) is 9.90. The summed E-state index contributed by atoms with van der Waals surface area (Å²) in [5, 5.41) is 3.75. The van der Waals surface area contributed by atoms with Crippen molar-refractivity contribution in [2.24, 2.45) is 5.84 Å². The van der Waals surface area contributed by atoms with Crippen molar-refractivity contribution in [1.82, 2.24) is 15.0 Å². The van der Waals surface area contributed by atoms with Crippen molar-refractivity contribution < 1.29 is 0 Å². The Morgan fingerprint density at radius 1 is 1.19 bits per heavy atom. The Bertz CT molecular complexity index is 662. The third kappa shape index (κ3) is 3.72. The minimum atomic E-state index is 0.269. The molecule has 0 unspecified atom stereocenters. The fraction of sp³-hybridized carbons (Fsp3) is 0.250. The van der Waals surface area contributed by atoms with E-state index >= 15 is 0 Å². The number of benzene rings is 1. The molecule has 21 heavy (non-hydrogen) atoms. The van der Waals surface area contributed by atoms with Gasteiger partial charge >= 0.3 is 0 Å². The maximum atomic E-state index is 6.14. The van der Waals surface area contributed by atoms with Crippen LogP contribution >= 0.6 is 27.5 Å². The predicted octanol–water partition coefficient (Wildman–Crippen LogP) is 2.69. The molecule has 2 aromatic rings.